The fraction of sp³-hybridized carbons (Fsp3) is 0.154. The highest BCUT2D eigenvalue weighted by atomic mass is 32.1. The molecule has 3 N–H and O–H groups in total. The van der Waals surface area contributed by atoms with E-state index < -0.39 is 0 Å². The van der Waals surface area contributed by atoms with Gasteiger partial charge in [0.25, 0.3) is 0 Å². The first-order valence-corrected chi connectivity index (χ1v) is 5.97. The van der Waals surface area contributed by atoms with Crippen LogP contribution in [0.2, 0.25) is 0 Å². The van der Waals surface area contributed by atoms with Crippen molar-refractivity contribution in [3.63, 3.8) is 0 Å². The van der Waals surface area contributed by atoms with Crippen LogP contribution < -0.4 is 11.1 Å². The number of aromatic nitrogens is 2. The first-order chi connectivity index (χ1) is 8.68. The Morgan fingerprint density at radius 3 is 2.89 bits per heavy atom. The van der Waals surface area contributed by atoms with Crippen molar-refractivity contribution in [1.29, 1.82) is 0 Å². The van der Waals surface area contributed by atoms with E-state index in [1.165, 1.54) is 0 Å². The summed E-state index contributed by atoms with van der Waals surface area (Å²) >= 11 is 5.05. The zero-order chi connectivity index (χ0) is 13.0. The molecular formula is C13H14N4S. The molecule has 0 radical (unpaired) electrons. The molecule has 0 fully saturated rings. The number of pyridine rings is 2. The average Bonchev–Trinajstić information content (AvgIpc) is 2.37. The van der Waals surface area contributed by atoms with Crippen molar-refractivity contribution in [2.45, 2.75) is 13.5 Å². The smallest absolute Gasteiger partial charge is 0.136 e. The third-order valence-electron chi connectivity index (χ3n) is 2.59. The molecule has 0 aliphatic carbocycles. The van der Waals surface area contributed by atoms with E-state index in [-0.39, 0.29) is 0 Å². The average molecular weight is 258 g/mol. The van der Waals surface area contributed by atoms with E-state index in [4.69, 9.17) is 18.0 Å². The molecule has 0 aliphatic heterocycles. The van der Waals surface area contributed by atoms with Gasteiger partial charge in [0.05, 0.1) is 5.56 Å². The van der Waals surface area contributed by atoms with Gasteiger partial charge < -0.3 is 11.1 Å². The third-order valence-corrected chi connectivity index (χ3v) is 2.79. The van der Waals surface area contributed by atoms with Gasteiger partial charge in [0.15, 0.2) is 0 Å². The Balaban J connectivity index is 2.20. The van der Waals surface area contributed by atoms with Crippen molar-refractivity contribution < 1.29 is 0 Å². The molecule has 0 amide bonds. The molecule has 0 saturated carbocycles. The van der Waals surface area contributed by atoms with Crippen molar-refractivity contribution in [1.82, 2.24) is 9.97 Å². The van der Waals surface area contributed by atoms with Crippen molar-refractivity contribution in [2.75, 3.05) is 5.32 Å². The Bertz CT molecular complexity index is 554. The highest BCUT2D eigenvalue weighted by molar-refractivity contribution is 7.80. The lowest BCUT2D eigenvalue weighted by Crippen LogP contribution is -2.16. The van der Waals surface area contributed by atoms with Gasteiger partial charge in [-0.25, -0.2) is 4.98 Å². The molecule has 2 rings (SSSR count). The molecule has 2 aromatic rings. The second kappa shape index (κ2) is 5.55. The summed E-state index contributed by atoms with van der Waals surface area (Å²) in [6.45, 7) is 2.60. The summed E-state index contributed by atoms with van der Waals surface area (Å²) in [7, 11) is 0. The molecule has 0 atom stereocenters. The molecule has 92 valence electrons. The van der Waals surface area contributed by atoms with E-state index in [0.717, 1.165) is 16.7 Å². The summed E-state index contributed by atoms with van der Waals surface area (Å²) in [4.78, 5) is 8.69. The monoisotopic (exact) mass is 258 g/mol. The van der Waals surface area contributed by atoms with Crippen LogP contribution in [0.15, 0.2) is 36.8 Å². The Hall–Kier alpha value is -2.01. The summed E-state index contributed by atoms with van der Waals surface area (Å²) in [5, 5.41) is 3.23. The molecular weight excluding hydrogens is 244 g/mol. The fourth-order valence-corrected chi connectivity index (χ4v) is 1.95. The number of hydrogen-bond donors (Lipinski definition) is 2. The number of nitrogens with zero attached hydrogens (tertiary/aromatic N) is 2. The largest absolute Gasteiger partial charge is 0.389 e. The van der Waals surface area contributed by atoms with Crippen molar-refractivity contribution in [2.24, 2.45) is 5.73 Å². The van der Waals surface area contributed by atoms with E-state index >= 15 is 0 Å². The van der Waals surface area contributed by atoms with Gasteiger partial charge >= 0.3 is 0 Å². The fourth-order valence-electron chi connectivity index (χ4n) is 1.69. The van der Waals surface area contributed by atoms with Gasteiger partial charge in [-0.3, -0.25) is 4.98 Å². The van der Waals surface area contributed by atoms with Gasteiger partial charge in [-0.15, -0.1) is 0 Å². The lowest BCUT2D eigenvalue weighted by molar-refractivity contribution is 1.08. The summed E-state index contributed by atoms with van der Waals surface area (Å²) < 4.78 is 0. The predicted octanol–water partition coefficient (Wildman–Crippen LogP) is 2.03. The number of hydrogen-bond acceptors (Lipinski definition) is 4. The molecule has 18 heavy (non-hydrogen) atoms. The van der Waals surface area contributed by atoms with Crippen LogP contribution in [0.4, 0.5) is 5.82 Å². The Morgan fingerprint density at radius 2 is 2.22 bits per heavy atom. The molecule has 5 heteroatoms. The number of rotatable bonds is 4. The van der Waals surface area contributed by atoms with E-state index in [2.05, 4.69) is 15.3 Å². The topological polar surface area (TPSA) is 63.8 Å². The van der Waals surface area contributed by atoms with Crippen LogP contribution in [0, 0.1) is 6.92 Å². The first kappa shape index (κ1) is 12.4. The first-order valence-electron chi connectivity index (χ1n) is 5.56. The van der Waals surface area contributed by atoms with E-state index in [0.29, 0.717) is 17.4 Å². The summed E-state index contributed by atoms with van der Waals surface area (Å²) in [5.74, 6) is 0.714. The molecule has 0 bridgehead atoms. The maximum Gasteiger partial charge on any atom is 0.136 e. The Labute approximate surface area is 111 Å². The van der Waals surface area contributed by atoms with Crippen molar-refractivity contribution in [3.05, 3.63) is 53.5 Å². The quantitative estimate of drug-likeness (QED) is 0.822. The van der Waals surface area contributed by atoms with Crippen LogP contribution in [0.5, 0.6) is 0 Å². The normalized spacial score (nSPS) is 10.1. The predicted molar refractivity (Wildman–Crippen MR) is 76.4 cm³/mol. The second-order valence-corrected chi connectivity index (χ2v) is 4.37. The van der Waals surface area contributed by atoms with E-state index in [1.54, 1.807) is 12.4 Å². The lowest BCUT2D eigenvalue weighted by Gasteiger charge is -2.12. The van der Waals surface area contributed by atoms with Crippen LogP contribution in [0.1, 0.15) is 16.7 Å². The minimum atomic E-state index is 0.356. The number of nitrogens with one attached hydrogen (secondary N) is 1. The summed E-state index contributed by atoms with van der Waals surface area (Å²) in [5.41, 5.74) is 8.62. The Kier molecular flexibility index (Phi) is 3.84. The van der Waals surface area contributed by atoms with Crippen LogP contribution in [0.25, 0.3) is 0 Å². The Morgan fingerprint density at radius 1 is 1.39 bits per heavy atom. The maximum atomic E-state index is 5.72. The second-order valence-electron chi connectivity index (χ2n) is 3.93. The lowest BCUT2D eigenvalue weighted by atomic mass is 10.1. The minimum absolute atomic E-state index is 0.356. The van der Waals surface area contributed by atoms with E-state index in [9.17, 15) is 0 Å². The zero-order valence-electron chi connectivity index (χ0n) is 10.1. The van der Waals surface area contributed by atoms with Gasteiger partial charge in [0.2, 0.25) is 0 Å². The van der Waals surface area contributed by atoms with Gasteiger partial charge in [-0.1, -0.05) is 18.3 Å². The van der Waals surface area contributed by atoms with Gasteiger partial charge in [-0.05, 0) is 30.2 Å². The highest BCUT2D eigenvalue weighted by Crippen LogP contribution is 2.17. The molecule has 2 aromatic heterocycles. The maximum absolute atomic E-state index is 5.72. The van der Waals surface area contributed by atoms with Gasteiger partial charge in [0, 0.05) is 25.1 Å². The minimum Gasteiger partial charge on any atom is -0.389 e. The van der Waals surface area contributed by atoms with Crippen LogP contribution in [-0.4, -0.2) is 15.0 Å². The molecule has 0 aromatic carbocycles. The van der Waals surface area contributed by atoms with Crippen molar-refractivity contribution in [3.8, 4) is 0 Å². The highest BCUT2D eigenvalue weighted by Gasteiger charge is 2.09. The number of nitrogens with two attached hydrogens (primary N) is 1. The van der Waals surface area contributed by atoms with Gasteiger partial charge in [-0.2, -0.15) is 0 Å². The molecule has 4 nitrogen and oxygen atoms in total. The number of aryl methyl sites for hydroxylation is 1. The molecule has 0 unspecified atom stereocenters. The zero-order valence-corrected chi connectivity index (χ0v) is 10.9. The van der Waals surface area contributed by atoms with Crippen LogP contribution >= 0.6 is 12.2 Å². The van der Waals surface area contributed by atoms with Gasteiger partial charge in [0.1, 0.15) is 10.8 Å². The molecule has 0 saturated heterocycles. The molecule has 0 aliphatic rings. The molecule has 0 spiro atoms. The van der Waals surface area contributed by atoms with Crippen LogP contribution in [0.3, 0.4) is 0 Å². The summed E-state index contributed by atoms with van der Waals surface area (Å²) in [6.07, 6.45) is 5.29. The number of thiocarbonyl (C=S) groups is 1. The van der Waals surface area contributed by atoms with Crippen molar-refractivity contribution >= 4 is 23.0 Å². The standard InChI is InChI=1S/C13H14N4S/c1-9-4-6-16-13(11(9)12(14)18)17-8-10-3-2-5-15-7-10/h2-7H,8H2,1H3,(H2,14,18)(H,16,17). The van der Waals surface area contributed by atoms with E-state index in [1.807, 2.05) is 31.3 Å². The SMILES string of the molecule is Cc1ccnc(NCc2cccnc2)c1C(N)=S. The van der Waals surface area contributed by atoms with Crippen LogP contribution in [-0.2, 0) is 6.54 Å². The number of anilines is 1. The summed E-state index contributed by atoms with van der Waals surface area (Å²) in [6, 6.07) is 5.79. The third kappa shape index (κ3) is 2.81. The molecule has 2 heterocycles.